The zero-order chi connectivity index (χ0) is 14.0. The molecule has 5 heteroatoms. The highest BCUT2D eigenvalue weighted by Gasteiger charge is 2.39. The number of halogens is 1. The Labute approximate surface area is 117 Å². The van der Waals surface area contributed by atoms with Gasteiger partial charge in [0.25, 0.3) is 5.69 Å². The first-order valence-corrected chi connectivity index (χ1v) is 6.68. The quantitative estimate of drug-likeness (QED) is 0.617. The summed E-state index contributed by atoms with van der Waals surface area (Å²) < 4.78 is 0. The minimum atomic E-state index is -0.505. The van der Waals surface area contributed by atoms with E-state index in [1.165, 1.54) is 6.07 Å². The van der Waals surface area contributed by atoms with Crippen LogP contribution in [0.25, 0.3) is 0 Å². The lowest BCUT2D eigenvalue weighted by Gasteiger charge is -2.21. The molecule has 1 aliphatic rings. The summed E-state index contributed by atoms with van der Waals surface area (Å²) in [6.45, 7) is 2.11. The van der Waals surface area contributed by atoms with Gasteiger partial charge in [-0.2, -0.15) is 5.26 Å². The van der Waals surface area contributed by atoms with Gasteiger partial charge in [-0.25, -0.2) is 0 Å². The summed E-state index contributed by atoms with van der Waals surface area (Å²) in [5.41, 5.74) is 0.00122. The highest BCUT2D eigenvalue weighted by Crippen LogP contribution is 2.45. The van der Waals surface area contributed by atoms with Crippen molar-refractivity contribution in [3.63, 3.8) is 0 Å². The number of hydrogen-bond donors (Lipinski definition) is 0. The van der Waals surface area contributed by atoms with Crippen LogP contribution >= 0.6 is 11.6 Å². The van der Waals surface area contributed by atoms with E-state index in [1.807, 2.05) is 0 Å². The molecular formula is C14H15ClN2O2. The number of nitro benzene ring substituents is 1. The Morgan fingerprint density at radius 3 is 2.89 bits per heavy atom. The normalized spacial score (nSPS) is 26.1. The zero-order valence-corrected chi connectivity index (χ0v) is 11.5. The third-order valence-corrected chi connectivity index (χ3v) is 4.25. The van der Waals surface area contributed by atoms with Crippen molar-refractivity contribution in [2.24, 2.45) is 11.3 Å². The Morgan fingerprint density at radius 1 is 1.63 bits per heavy atom. The number of rotatable bonds is 3. The second-order valence-electron chi connectivity index (χ2n) is 5.41. The van der Waals surface area contributed by atoms with Gasteiger partial charge in [0.15, 0.2) is 0 Å². The van der Waals surface area contributed by atoms with Crippen molar-refractivity contribution < 1.29 is 4.92 Å². The minimum Gasteiger partial charge on any atom is -0.258 e. The molecule has 0 aliphatic heterocycles. The van der Waals surface area contributed by atoms with Crippen LogP contribution in [0.3, 0.4) is 0 Å². The number of nitriles is 1. The van der Waals surface area contributed by atoms with Crippen molar-refractivity contribution in [3.05, 3.63) is 38.9 Å². The predicted molar refractivity (Wildman–Crippen MR) is 72.9 cm³/mol. The van der Waals surface area contributed by atoms with Gasteiger partial charge in [-0.15, -0.1) is 0 Å². The van der Waals surface area contributed by atoms with Gasteiger partial charge in [-0.3, -0.25) is 10.1 Å². The topological polar surface area (TPSA) is 66.9 Å². The van der Waals surface area contributed by atoms with Crippen molar-refractivity contribution >= 4 is 17.3 Å². The molecule has 100 valence electrons. The van der Waals surface area contributed by atoms with E-state index in [0.717, 1.165) is 19.3 Å². The SMILES string of the molecule is CC1CCC(C#N)(Cc2c(Cl)cccc2[N+](=O)[O-])C1. The van der Waals surface area contributed by atoms with E-state index < -0.39 is 10.3 Å². The van der Waals surface area contributed by atoms with Crippen LogP contribution in [0.15, 0.2) is 18.2 Å². The summed E-state index contributed by atoms with van der Waals surface area (Å²) in [6.07, 6.45) is 2.93. The van der Waals surface area contributed by atoms with Gasteiger partial charge >= 0.3 is 0 Å². The molecule has 0 N–H and O–H groups in total. The first-order valence-electron chi connectivity index (χ1n) is 6.30. The Kier molecular flexibility index (Phi) is 3.77. The van der Waals surface area contributed by atoms with Gasteiger partial charge in [-0.1, -0.05) is 24.6 Å². The number of hydrogen-bond acceptors (Lipinski definition) is 3. The van der Waals surface area contributed by atoms with E-state index in [1.54, 1.807) is 12.1 Å². The van der Waals surface area contributed by atoms with Crippen LogP contribution in [0.4, 0.5) is 5.69 Å². The van der Waals surface area contributed by atoms with Crippen LogP contribution in [0.2, 0.25) is 5.02 Å². The Morgan fingerprint density at radius 2 is 2.37 bits per heavy atom. The van der Waals surface area contributed by atoms with E-state index >= 15 is 0 Å². The van der Waals surface area contributed by atoms with Crippen LogP contribution in [-0.2, 0) is 6.42 Å². The molecule has 0 spiro atoms. The monoisotopic (exact) mass is 278 g/mol. The van der Waals surface area contributed by atoms with E-state index in [2.05, 4.69) is 13.0 Å². The fourth-order valence-electron chi connectivity index (χ4n) is 2.93. The average Bonchev–Trinajstić information content (AvgIpc) is 2.74. The average molecular weight is 279 g/mol. The molecule has 0 saturated heterocycles. The largest absolute Gasteiger partial charge is 0.274 e. The summed E-state index contributed by atoms with van der Waals surface area (Å²) in [5.74, 6) is 0.487. The highest BCUT2D eigenvalue weighted by molar-refractivity contribution is 6.31. The molecule has 0 heterocycles. The maximum atomic E-state index is 11.1. The van der Waals surface area contributed by atoms with Gasteiger partial charge in [0, 0.05) is 11.6 Å². The Hall–Kier alpha value is -1.60. The minimum absolute atomic E-state index is 0.0154. The maximum absolute atomic E-state index is 11.1. The Balaban J connectivity index is 2.38. The van der Waals surface area contributed by atoms with Crippen LogP contribution in [0.5, 0.6) is 0 Å². The number of benzene rings is 1. The van der Waals surface area contributed by atoms with Crippen molar-refractivity contribution in [1.82, 2.24) is 0 Å². The van der Waals surface area contributed by atoms with Crippen LogP contribution in [0.1, 0.15) is 31.7 Å². The molecule has 2 atom stereocenters. The molecule has 4 nitrogen and oxygen atoms in total. The molecule has 1 fully saturated rings. The van der Waals surface area contributed by atoms with E-state index in [0.29, 0.717) is 22.9 Å². The predicted octanol–water partition coefficient (Wildman–Crippen LogP) is 4.12. The molecule has 19 heavy (non-hydrogen) atoms. The second kappa shape index (κ2) is 5.18. The summed E-state index contributed by atoms with van der Waals surface area (Å²) in [5, 5.41) is 20.9. The van der Waals surface area contributed by atoms with Gasteiger partial charge in [-0.05, 0) is 37.7 Å². The Bertz CT molecular complexity index is 553. The van der Waals surface area contributed by atoms with E-state index in [9.17, 15) is 15.4 Å². The van der Waals surface area contributed by atoms with E-state index in [-0.39, 0.29) is 5.69 Å². The summed E-state index contributed by atoms with van der Waals surface area (Å²) in [4.78, 5) is 10.6. The second-order valence-corrected chi connectivity index (χ2v) is 5.82. The van der Waals surface area contributed by atoms with Crippen LogP contribution < -0.4 is 0 Å². The highest BCUT2D eigenvalue weighted by atomic mass is 35.5. The standard InChI is InChI=1S/C14H15ClN2O2/c1-10-5-6-14(7-10,9-16)8-11-12(15)3-2-4-13(11)17(18)19/h2-4,10H,5-8H2,1H3. The molecular weight excluding hydrogens is 264 g/mol. The van der Waals surface area contributed by atoms with Crippen molar-refractivity contribution in [3.8, 4) is 6.07 Å². The molecule has 0 radical (unpaired) electrons. The molecule has 0 amide bonds. The molecule has 2 rings (SSSR count). The molecule has 0 bridgehead atoms. The van der Waals surface area contributed by atoms with Crippen LogP contribution in [0, 0.1) is 32.8 Å². The number of nitro groups is 1. The first kappa shape index (κ1) is 13.8. The van der Waals surface area contributed by atoms with Gasteiger partial charge in [0.05, 0.1) is 21.4 Å². The molecule has 1 aromatic carbocycles. The lowest BCUT2D eigenvalue weighted by atomic mass is 9.80. The summed E-state index contributed by atoms with van der Waals surface area (Å²) in [7, 11) is 0. The smallest absolute Gasteiger partial charge is 0.258 e. The fraction of sp³-hybridized carbons (Fsp3) is 0.500. The first-order chi connectivity index (χ1) is 8.97. The lowest BCUT2D eigenvalue weighted by molar-refractivity contribution is -0.385. The lowest BCUT2D eigenvalue weighted by Crippen LogP contribution is -2.19. The summed E-state index contributed by atoms with van der Waals surface area (Å²) >= 11 is 6.09. The van der Waals surface area contributed by atoms with Crippen molar-refractivity contribution in [2.75, 3.05) is 0 Å². The molecule has 1 aromatic rings. The van der Waals surface area contributed by atoms with Crippen molar-refractivity contribution in [1.29, 1.82) is 5.26 Å². The van der Waals surface area contributed by atoms with Gasteiger partial charge in [0.2, 0.25) is 0 Å². The summed E-state index contributed by atoms with van der Waals surface area (Å²) in [6, 6.07) is 7.03. The maximum Gasteiger partial charge on any atom is 0.274 e. The third-order valence-electron chi connectivity index (χ3n) is 3.90. The zero-order valence-electron chi connectivity index (χ0n) is 10.7. The van der Waals surface area contributed by atoms with Gasteiger partial charge in [0.1, 0.15) is 0 Å². The molecule has 1 saturated carbocycles. The third kappa shape index (κ3) is 2.71. The number of nitrogens with zero attached hydrogens (tertiary/aromatic N) is 2. The van der Waals surface area contributed by atoms with E-state index in [4.69, 9.17) is 11.6 Å². The molecule has 1 aliphatic carbocycles. The fourth-order valence-corrected chi connectivity index (χ4v) is 3.16. The van der Waals surface area contributed by atoms with Crippen LogP contribution in [-0.4, -0.2) is 4.92 Å². The van der Waals surface area contributed by atoms with Gasteiger partial charge < -0.3 is 0 Å². The molecule has 0 aromatic heterocycles. The molecule has 2 unspecified atom stereocenters. The van der Waals surface area contributed by atoms with Crippen molar-refractivity contribution in [2.45, 2.75) is 32.6 Å².